The van der Waals surface area contributed by atoms with Crippen LogP contribution in [0, 0.1) is 0 Å². The molecule has 2 rings (SSSR count). The van der Waals surface area contributed by atoms with Gasteiger partial charge in [0.05, 0.1) is 0 Å². The SMILES string of the molecule is CSc1ccc(-c2ccc(CS/C(NN)=C(/N)C(=O)O)cc2)cc1. The molecular formula is C17H19N3O2S2. The van der Waals surface area contributed by atoms with Crippen molar-refractivity contribution in [3.8, 4) is 11.1 Å². The molecule has 0 atom stereocenters. The maximum atomic E-state index is 10.9. The minimum atomic E-state index is -1.19. The number of carboxylic acids is 1. The van der Waals surface area contributed by atoms with Gasteiger partial charge in [-0.05, 0) is 35.1 Å². The fraction of sp³-hybridized carbons (Fsp3) is 0.118. The number of nitrogens with one attached hydrogen (secondary N) is 1. The number of hydrogen-bond donors (Lipinski definition) is 4. The van der Waals surface area contributed by atoms with Gasteiger partial charge in [-0.15, -0.1) is 23.5 Å². The highest BCUT2D eigenvalue weighted by Gasteiger charge is 2.10. The predicted molar refractivity (Wildman–Crippen MR) is 101 cm³/mol. The van der Waals surface area contributed by atoms with Crippen LogP contribution in [-0.2, 0) is 10.5 Å². The summed E-state index contributed by atoms with van der Waals surface area (Å²) >= 11 is 2.97. The van der Waals surface area contributed by atoms with Crippen LogP contribution in [0.4, 0.5) is 0 Å². The van der Waals surface area contributed by atoms with Crippen LogP contribution < -0.4 is 17.0 Å². The smallest absolute Gasteiger partial charge is 0.354 e. The monoisotopic (exact) mass is 361 g/mol. The van der Waals surface area contributed by atoms with E-state index in [0.717, 1.165) is 16.7 Å². The van der Waals surface area contributed by atoms with Crippen molar-refractivity contribution >= 4 is 29.5 Å². The highest BCUT2D eigenvalue weighted by molar-refractivity contribution is 8.02. The van der Waals surface area contributed by atoms with Crippen LogP contribution in [0.1, 0.15) is 5.56 Å². The number of hydrazine groups is 1. The lowest BCUT2D eigenvalue weighted by molar-refractivity contribution is -0.132. The lowest BCUT2D eigenvalue weighted by atomic mass is 10.0. The molecule has 6 N–H and O–H groups in total. The van der Waals surface area contributed by atoms with Crippen LogP contribution in [0.5, 0.6) is 0 Å². The zero-order valence-electron chi connectivity index (χ0n) is 13.2. The maximum absolute atomic E-state index is 10.9. The molecule has 0 amide bonds. The molecule has 0 aliphatic carbocycles. The first-order chi connectivity index (χ1) is 11.5. The Kier molecular flexibility index (Phi) is 6.60. The minimum absolute atomic E-state index is 0.249. The van der Waals surface area contributed by atoms with Gasteiger partial charge in [0.1, 0.15) is 10.7 Å². The number of thioether (sulfide) groups is 2. The Morgan fingerprint density at radius 2 is 1.62 bits per heavy atom. The molecule has 126 valence electrons. The molecule has 0 aliphatic rings. The quantitative estimate of drug-likeness (QED) is 0.260. The third kappa shape index (κ3) is 4.70. The third-order valence-electron chi connectivity index (χ3n) is 3.37. The molecule has 0 aliphatic heterocycles. The van der Waals surface area contributed by atoms with Gasteiger partial charge in [0.25, 0.3) is 0 Å². The molecular weight excluding hydrogens is 342 g/mol. The molecule has 0 spiro atoms. The Morgan fingerprint density at radius 3 is 2.08 bits per heavy atom. The van der Waals surface area contributed by atoms with E-state index >= 15 is 0 Å². The normalized spacial score (nSPS) is 11.8. The van der Waals surface area contributed by atoms with Gasteiger partial charge in [-0.2, -0.15) is 0 Å². The van der Waals surface area contributed by atoms with E-state index in [1.54, 1.807) is 11.8 Å². The van der Waals surface area contributed by atoms with E-state index in [0.29, 0.717) is 5.75 Å². The summed E-state index contributed by atoms with van der Waals surface area (Å²) in [4.78, 5) is 12.1. The van der Waals surface area contributed by atoms with Crippen LogP contribution in [0.2, 0.25) is 0 Å². The van der Waals surface area contributed by atoms with Gasteiger partial charge in [0, 0.05) is 10.6 Å². The van der Waals surface area contributed by atoms with E-state index in [1.165, 1.54) is 16.7 Å². The zero-order valence-corrected chi connectivity index (χ0v) is 14.8. The summed E-state index contributed by atoms with van der Waals surface area (Å²) in [7, 11) is 0. The van der Waals surface area contributed by atoms with Crippen molar-refractivity contribution < 1.29 is 9.90 Å². The molecule has 5 nitrogen and oxygen atoms in total. The van der Waals surface area contributed by atoms with E-state index in [1.807, 2.05) is 24.3 Å². The fourth-order valence-corrected chi connectivity index (χ4v) is 3.26. The minimum Gasteiger partial charge on any atom is -0.477 e. The van der Waals surface area contributed by atoms with Gasteiger partial charge < -0.3 is 16.3 Å². The molecule has 0 bridgehead atoms. The standard InChI is InChI=1S/C17H19N3O2S2/c1-23-14-8-6-13(7-9-14)12-4-2-11(3-5-12)10-24-16(20-19)15(18)17(21)22/h2-9,20H,10,18-19H2,1H3,(H,21,22)/b16-15+. The molecule has 0 radical (unpaired) electrons. The van der Waals surface area contributed by atoms with Crippen molar-refractivity contribution in [2.45, 2.75) is 10.6 Å². The van der Waals surface area contributed by atoms with Gasteiger partial charge in [-0.3, -0.25) is 0 Å². The third-order valence-corrected chi connectivity index (χ3v) is 5.21. The second-order valence-corrected chi connectivity index (χ2v) is 6.77. The van der Waals surface area contributed by atoms with Crippen molar-refractivity contribution in [2.75, 3.05) is 6.26 Å². The Hall–Kier alpha value is -2.09. The Labute approximate surface area is 149 Å². The zero-order chi connectivity index (χ0) is 17.5. The summed E-state index contributed by atoms with van der Waals surface area (Å²) in [5.74, 6) is 4.70. The van der Waals surface area contributed by atoms with Gasteiger partial charge >= 0.3 is 5.97 Å². The highest BCUT2D eigenvalue weighted by Crippen LogP contribution is 2.25. The Morgan fingerprint density at radius 1 is 1.08 bits per heavy atom. The number of nitrogens with two attached hydrogens (primary N) is 2. The van der Waals surface area contributed by atoms with Crippen LogP contribution in [-0.4, -0.2) is 17.3 Å². The van der Waals surface area contributed by atoms with Gasteiger partial charge in [-0.1, -0.05) is 36.4 Å². The summed E-state index contributed by atoms with van der Waals surface area (Å²) in [5, 5.41) is 9.14. The number of aliphatic carboxylic acids is 1. The van der Waals surface area contributed by atoms with Crippen molar-refractivity contribution in [3.05, 3.63) is 64.8 Å². The summed E-state index contributed by atoms with van der Waals surface area (Å²) in [5.41, 5.74) is 10.9. The first-order valence-corrected chi connectivity index (χ1v) is 9.32. The van der Waals surface area contributed by atoms with E-state index in [4.69, 9.17) is 16.7 Å². The predicted octanol–water partition coefficient (Wildman–Crippen LogP) is 2.98. The molecule has 2 aromatic rings. The first-order valence-electron chi connectivity index (χ1n) is 7.11. The van der Waals surface area contributed by atoms with Crippen LogP contribution in [0.15, 0.2) is 64.2 Å². The van der Waals surface area contributed by atoms with E-state index < -0.39 is 5.97 Å². The van der Waals surface area contributed by atoms with Crippen molar-refractivity contribution in [1.82, 2.24) is 5.43 Å². The topological polar surface area (TPSA) is 101 Å². The van der Waals surface area contributed by atoms with Crippen molar-refractivity contribution in [2.24, 2.45) is 11.6 Å². The van der Waals surface area contributed by atoms with Gasteiger partial charge in [0.2, 0.25) is 0 Å². The van der Waals surface area contributed by atoms with E-state index in [9.17, 15) is 4.79 Å². The highest BCUT2D eigenvalue weighted by atomic mass is 32.2. The second-order valence-electron chi connectivity index (χ2n) is 4.91. The average molecular weight is 361 g/mol. The number of hydrogen-bond acceptors (Lipinski definition) is 6. The largest absolute Gasteiger partial charge is 0.477 e. The first kappa shape index (κ1) is 18.3. The Balaban J connectivity index is 2.06. The van der Waals surface area contributed by atoms with Gasteiger partial charge in [0.15, 0.2) is 0 Å². The molecule has 0 heterocycles. The number of carbonyl (C=O) groups is 1. The Bertz CT molecular complexity index is 729. The van der Waals surface area contributed by atoms with Crippen LogP contribution in [0.25, 0.3) is 11.1 Å². The summed E-state index contributed by atoms with van der Waals surface area (Å²) in [6, 6.07) is 16.5. The van der Waals surface area contributed by atoms with E-state index in [-0.39, 0.29) is 10.7 Å². The molecule has 0 fully saturated rings. The van der Waals surface area contributed by atoms with Gasteiger partial charge in [-0.25, -0.2) is 10.6 Å². The lowest BCUT2D eigenvalue weighted by Gasteiger charge is -2.09. The second kappa shape index (κ2) is 8.68. The maximum Gasteiger partial charge on any atom is 0.354 e. The number of rotatable bonds is 7. The fourth-order valence-electron chi connectivity index (χ4n) is 2.03. The summed E-state index contributed by atoms with van der Waals surface area (Å²) in [6.45, 7) is 0. The van der Waals surface area contributed by atoms with Crippen LogP contribution in [0.3, 0.4) is 0 Å². The average Bonchev–Trinajstić information content (AvgIpc) is 2.62. The molecule has 24 heavy (non-hydrogen) atoms. The van der Waals surface area contributed by atoms with Crippen molar-refractivity contribution in [1.29, 1.82) is 0 Å². The molecule has 0 aromatic heterocycles. The van der Waals surface area contributed by atoms with E-state index in [2.05, 4.69) is 35.9 Å². The molecule has 0 unspecified atom stereocenters. The molecule has 0 saturated carbocycles. The summed E-state index contributed by atoms with van der Waals surface area (Å²) < 4.78 is 0. The van der Waals surface area contributed by atoms with Crippen molar-refractivity contribution in [3.63, 3.8) is 0 Å². The number of benzene rings is 2. The molecule has 0 saturated heterocycles. The van der Waals surface area contributed by atoms with Crippen LogP contribution >= 0.6 is 23.5 Å². The molecule has 7 heteroatoms. The lowest BCUT2D eigenvalue weighted by Crippen LogP contribution is -2.26. The number of carboxylic acid groups (broad SMARTS) is 1. The molecule has 2 aromatic carbocycles. The summed E-state index contributed by atoms with van der Waals surface area (Å²) in [6.07, 6.45) is 2.05.